The zero-order valence-electron chi connectivity index (χ0n) is 4.26. The maximum atomic E-state index is 10.1. The molecule has 0 bridgehead atoms. The lowest BCUT2D eigenvalue weighted by Crippen LogP contribution is -2.21. The van der Waals surface area contributed by atoms with Crippen LogP contribution in [0, 0.1) is 0 Å². The summed E-state index contributed by atoms with van der Waals surface area (Å²) < 4.78 is 0.273. The van der Waals surface area contributed by atoms with Crippen LogP contribution in [-0.4, -0.2) is 5.97 Å². The highest BCUT2D eigenvalue weighted by Gasteiger charge is 1.99. The predicted molar refractivity (Wildman–Crippen MR) is 33.7 cm³/mol. The van der Waals surface area contributed by atoms with Gasteiger partial charge in [-0.1, -0.05) is 11.6 Å². The van der Waals surface area contributed by atoms with E-state index in [1.54, 1.807) is 5.38 Å². The van der Waals surface area contributed by atoms with Crippen molar-refractivity contribution in [2.24, 2.45) is 0 Å². The van der Waals surface area contributed by atoms with Crippen LogP contribution in [0.25, 0.3) is 0 Å². The van der Waals surface area contributed by atoms with Crippen molar-refractivity contribution in [1.82, 2.24) is 0 Å². The monoisotopic (exact) mass is 161 g/mol. The van der Waals surface area contributed by atoms with Gasteiger partial charge < -0.3 is 9.90 Å². The third-order valence-corrected chi connectivity index (χ3v) is 2.01. The standard InChI is InChI=1S/C5H3ClO2S/c6-4-3(5(7)8)1-2-9-4/h1-2H,(H,7,8)/p-1. The van der Waals surface area contributed by atoms with Gasteiger partial charge in [-0.3, -0.25) is 0 Å². The lowest BCUT2D eigenvalue weighted by atomic mass is 10.4. The van der Waals surface area contributed by atoms with Crippen LogP contribution < -0.4 is 5.11 Å². The molecule has 0 atom stereocenters. The molecule has 0 aliphatic heterocycles. The molecule has 1 rings (SSSR count). The maximum Gasteiger partial charge on any atom is 0.102 e. The molecule has 0 unspecified atom stereocenters. The van der Waals surface area contributed by atoms with Gasteiger partial charge in [-0.15, -0.1) is 11.3 Å². The van der Waals surface area contributed by atoms with Crippen LogP contribution in [0.4, 0.5) is 0 Å². The molecule has 1 heterocycles. The first-order valence-electron chi connectivity index (χ1n) is 2.16. The predicted octanol–water partition coefficient (Wildman–Crippen LogP) is 0.765. The molecule has 0 amide bonds. The highest BCUT2D eigenvalue weighted by molar-refractivity contribution is 7.14. The molecule has 48 valence electrons. The molecular weight excluding hydrogens is 160 g/mol. The Bertz CT molecular complexity index is 231. The fraction of sp³-hybridized carbons (Fsp3) is 0. The third-order valence-electron chi connectivity index (χ3n) is 0.838. The number of carboxylic acid groups (broad SMARTS) is 1. The Hall–Kier alpha value is -0.540. The number of thiophene rings is 1. The van der Waals surface area contributed by atoms with Crippen LogP contribution in [0.3, 0.4) is 0 Å². The van der Waals surface area contributed by atoms with E-state index in [-0.39, 0.29) is 9.90 Å². The Labute approximate surface area is 60.7 Å². The Morgan fingerprint density at radius 3 is 2.67 bits per heavy atom. The highest BCUT2D eigenvalue weighted by atomic mass is 35.5. The molecule has 1 aromatic rings. The van der Waals surface area contributed by atoms with Crippen LogP contribution in [0.15, 0.2) is 11.4 Å². The molecular formula is C5H2ClO2S-. The number of carbonyl (C=O) groups excluding carboxylic acids is 1. The SMILES string of the molecule is O=C([O-])c1ccsc1Cl. The Kier molecular flexibility index (Phi) is 1.73. The number of carboxylic acids is 1. The average Bonchev–Trinajstić information content (AvgIpc) is 2.13. The maximum absolute atomic E-state index is 10.1. The first-order valence-corrected chi connectivity index (χ1v) is 3.42. The zero-order chi connectivity index (χ0) is 6.85. The zero-order valence-corrected chi connectivity index (χ0v) is 5.83. The summed E-state index contributed by atoms with van der Waals surface area (Å²) in [5.74, 6) is -1.22. The van der Waals surface area contributed by atoms with Crippen molar-refractivity contribution >= 4 is 28.9 Å². The van der Waals surface area contributed by atoms with Crippen LogP contribution >= 0.6 is 22.9 Å². The summed E-state index contributed by atoms with van der Waals surface area (Å²) in [5.41, 5.74) is 0.0710. The molecule has 0 aliphatic carbocycles. The summed E-state index contributed by atoms with van der Waals surface area (Å²) in [4.78, 5) is 10.1. The fourth-order valence-corrected chi connectivity index (χ4v) is 1.34. The van der Waals surface area contributed by atoms with Gasteiger partial charge in [-0.05, 0) is 11.4 Å². The molecule has 2 nitrogen and oxygen atoms in total. The van der Waals surface area contributed by atoms with Gasteiger partial charge in [0.05, 0.1) is 5.97 Å². The minimum absolute atomic E-state index is 0.0710. The number of carbonyl (C=O) groups is 1. The van der Waals surface area contributed by atoms with E-state index in [2.05, 4.69) is 0 Å². The van der Waals surface area contributed by atoms with E-state index in [4.69, 9.17) is 11.6 Å². The summed E-state index contributed by atoms with van der Waals surface area (Å²) in [6, 6.07) is 1.42. The van der Waals surface area contributed by atoms with Crippen molar-refractivity contribution in [3.63, 3.8) is 0 Å². The summed E-state index contributed by atoms with van der Waals surface area (Å²) in [7, 11) is 0. The minimum Gasteiger partial charge on any atom is -0.545 e. The van der Waals surface area contributed by atoms with Gasteiger partial charge in [0.15, 0.2) is 0 Å². The van der Waals surface area contributed by atoms with Gasteiger partial charge in [-0.25, -0.2) is 0 Å². The van der Waals surface area contributed by atoms with E-state index >= 15 is 0 Å². The summed E-state index contributed by atoms with van der Waals surface area (Å²) in [6.45, 7) is 0. The lowest BCUT2D eigenvalue weighted by molar-refractivity contribution is -0.254. The van der Waals surface area contributed by atoms with E-state index in [0.29, 0.717) is 0 Å². The van der Waals surface area contributed by atoms with Gasteiger partial charge in [0, 0.05) is 5.56 Å². The van der Waals surface area contributed by atoms with Crippen LogP contribution in [0.1, 0.15) is 10.4 Å². The topological polar surface area (TPSA) is 40.1 Å². The molecule has 0 N–H and O–H groups in total. The smallest absolute Gasteiger partial charge is 0.102 e. The first kappa shape index (κ1) is 6.58. The van der Waals surface area contributed by atoms with Crippen LogP contribution in [0.2, 0.25) is 4.34 Å². The first-order chi connectivity index (χ1) is 4.22. The van der Waals surface area contributed by atoms with E-state index in [1.807, 2.05) is 0 Å². The van der Waals surface area contributed by atoms with Gasteiger partial charge in [0.25, 0.3) is 0 Å². The number of halogens is 1. The molecule has 0 aliphatic rings. The van der Waals surface area contributed by atoms with E-state index in [9.17, 15) is 9.90 Å². The van der Waals surface area contributed by atoms with Crippen molar-refractivity contribution < 1.29 is 9.90 Å². The van der Waals surface area contributed by atoms with Crippen molar-refractivity contribution in [2.45, 2.75) is 0 Å². The average molecular weight is 162 g/mol. The van der Waals surface area contributed by atoms with E-state index in [1.165, 1.54) is 17.4 Å². The summed E-state index contributed by atoms with van der Waals surface area (Å²) in [6.07, 6.45) is 0. The summed E-state index contributed by atoms with van der Waals surface area (Å²) >= 11 is 6.61. The molecule has 0 spiro atoms. The molecule has 4 heteroatoms. The second-order valence-corrected chi connectivity index (χ2v) is 2.91. The molecule has 0 saturated heterocycles. The minimum atomic E-state index is -1.22. The Morgan fingerprint density at radius 1 is 1.78 bits per heavy atom. The number of rotatable bonds is 1. The third kappa shape index (κ3) is 1.23. The highest BCUT2D eigenvalue weighted by Crippen LogP contribution is 2.21. The Morgan fingerprint density at radius 2 is 2.44 bits per heavy atom. The van der Waals surface area contributed by atoms with Gasteiger partial charge in [-0.2, -0.15) is 0 Å². The molecule has 0 radical (unpaired) electrons. The quantitative estimate of drug-likeness (QED) is 0.610. The lowest BCUT2D eigenvalue weighted by Gasteiger charge is -1.95. The van der Waals surface area contributed by atoms with Crippen molar-refractivity contribution in [3.05, 3.63) is 21.3 Å². The summed E-state index contributed by atoms with van der Waals surface area (Å²) in [5, 5.41) is 11.7. The van der Waals surface area contributed by atoms with E-state index in [0.717, 1.165) is 0 Å². The molecule has 9 heavy (non-hydrogen) atoms. The van der Waals surface area contributed by atoms with Crippen LogP contribution in [0.5, 0.6) is 0 Å². The van der Waals surface area contributed by atoms with Gasteiger partial charge in [0.2, 0.25) is 0 Å². The van der Waals surface area contributed by atoms with Crippen molar-refractivity contribution in [3.8, 4) is 0 Å². The normalized spacial score (nSPS) is 9.44. The molecule has 0 saturated carbocycles. The Balaban J connectivity index is 3.08. The van der Waals surface area contributed by atoms with Crippen molar-refractivity contribution in [1.29, 1.82) is 0 Å². The van der Waals surface area contributed by atoms with Gasteiger partial charge in [0.1, 0.15) is 4.34 Å². The van der Waals surface area contributed by atoms with Crippen molar-refractivity contribution in [2.75, 3.05) is 0 Å². The largest absolute Gasteiger partial charge is 0.545 e. The number of aromatic carboxylic acids is 1. The molecule has 1 aromatic heterocycles. The van der Waals surface area contributed by atoms with Gasteiger partial charge >= 0.3 is 0 Å². The molecule has 0 fully saturated rings. The van der Waals surface area contributed by atoms with Crippen LogP contribution in [-0.2, 0) is 0 Å². The molecule has 0 aromatic carbocycles. The fourth-order valence-electron chi connectivity index (χ4n) is 0.439. The number of hydrogen-bond acceptors (Lipinski definition) is 3. The number of hydrogen-bond donors (Lipinski definition) is 0. The second-order valence-electron chi connectivity index (χ2n) is 1.40. The van der Waals surface area contributed by atoms with E-state index < -0.39 is 5.97 Å². The second kappa shape index (κ2) is 2.37.